The zero-order valence-electron chi connectivity index (χ0n) is 16.7. The summed E-state index contributed by atoms with van der Waals surface area (Å²) in [6, 6.07) is 5.65. The van der Waals surface area contributed by atoms with E-state index in [1.54, 1.807) is 19.1 Å². The van der Waals surface area contributed by atoms with Crippen LogP contribution in [0.15, 0.2) is 12.1 Å². The van der Waals surface area contributed by atoms with Crippen LogP contribution >= 0.6 is 0 Å². The third-order valence-corrected chi connectivity index (χ3v) is 4.73. The Kier molecular flexibility index (Phi) is 7.10. The Morgan fingerprint density at radius 2 is 1.79 bits per heavy atom. The highest BCUT2D eigenvalue weighted by atomic mass is 16.5. The molecule has 1 aromatic carbocycles. The molecular formula is C20H26N2O6. The maximum Gasteiger partial charge on any atom is 0.306 e. The molecule has 1 aliphatic rings. The van der Waals surface area contributed by atoms with Crippen LogP contribution in [-0.2, 0) is 20.7 Å². The summed E-state index contributed by atoms with van der Waals surface area (Å²) in [6.07, 6.45) is 2.30. The Hall–Kier alpha value is -2.95. The largest absolute Gasteiger partial charge is 0.493 e. The monoisotopic (exact) mass is 390 g/mol. The molecule has 0 saturated heterocycles. The quantitative estimate of drug-likeness (QED) is 0.609. The number of ether oxygens (including phenoxy) is 4. The third-order valence-electron chi connectivity index (χ3n) is 4.73. The number of aryl methyl sites for hydroxylation is 1. The number of methoxy groups -OCH3 is 3. The molecule has 152 valence electrons. The van der Waals surface area contributed by atoms with E-state index in [9.17, 15) is 14.9 Å². The molecule has 0 aliphatic heterocycles. The van der Waals surface area contributed by atoms with Gasteiger partial charge in [0.2, 0.25) is 5.75 Å². The van der Waals surface area contributed by atoms with Gasteiger partial charge in [-0.1, -0.05) is 0 Å². The van der Waals surface area contributed by atoms with Gasteiger partial charge in [-0.2, -0.15) is 5.26 Å². The van der Waals surface area contributed by atoms with Gasteiger partial charge < -0.3 is 24.3 Å². The number of hydrogen-bond acceptors (Lipinski definition) is 7. The molecule has 8 heteroatoms. The number of carbonyl (C=O) groups is 2. The Labute approximate surface area is 164 Å². The molecule has 0 spiro atoms. The topological polar surface area (TPSA) is 107 Å². The van der Waals surface area contributed by atoms with E-state index in [4.69, 9.17) is 18.9 Å². The number of esters is 1. The molecule has 1 atom stereocenters. The molecule has 1 aliphatic carbocycles. The summed E-state index contributed by atoms with van der Waals surface area (Å²) < 4.78 is 20.9. The van der Waals surface area contributed by atoms with Crippen LogP contribution in [0.25, 0.3) is 0 Å². The first kappa shape index (κ1) is 21.4. The van der Waals surface area contributed by atoms with Crippen molar-refractivity contribution >= 4 is 11.9 Å². The van der Waals surface area contributed by atoms with Crippen LogP contribution in [0.2, 0.25) is 0 Å². The molecule has 2 rings (SSSR count). The number of rotatable bonds is 10. The second-order valence-corrected chi connectivity index (χ2v) is 6.83. The number of carbonyl (C=O) groups excluding carboxylic acids is 2. The normalized spacial score (nSPS) is 15.0. The van der Waals surface area contributed by atoms with Gasteiger partial charge in [-0.05, 0) is 49.8 Å². The summed E-state index contributed by atoms with van der Waals surface area (Å²) in [5.74, 6) is 0.661. The van der Waals surface area contributed by atoms with Crippen molar-refractivity contribution in [1.82, 2.24) is 5.32 Å². The average Bonchev–Trinajstić information content (AvgIpc) is 3.55. The van der Waals surface area contributed by atoms with Crippen LogP contribution < -0.4 is 19.5 Å². The Bertz CT molecular complexity index is 743. The lowest BCUT2D eigenvalue weighted by atomic mass is 9.98. The van der Waals surface area contributed by atoms with E-state index in [2.05, 4.69) is 11.4 Å². The lowest BCUT2D eigenvalue weighted by Crippen LogP contribution is -2.48. The van der Waals surface area contributed by atoms with Gasteiger partial charge in [0.05, 0.1) is 27.4 Å². The van der Waals surface area contributed by atoms with Gasteiger partial charge >= 0.3 is 5.97 Å². The summed E-state index contributed by atoms with van der Waals surface area (Å²) >= 11 is 0. The first-order valence-electron chi connectivity index (χ1n) is 9.03. The van der Waals surface area contributed by atoms with Crippen LogP contribution in [-0.4, -0.2) is 45.4 Å². The fourth-order valence-corrected chi connectivity index (χ4v) is 2.95. The highest BCUT2D eigenvalue weighted by Crippen LogP contribution is 2.39. The van der Waals surface area contributed by atoms with Gasteiger partial charge in [-0.15, -0.1) is 0 Å². The molecule has 1 aromatic rings. The lowest BCUT2D eigenvalue weighted by Gasteiger charge is -2.22. The van der Waals surface area contributed by atoms with Crippen LogP contribution in [0.5, 0.6) is 17.2 Å². The van der Waals surface area contributed by atoms with Gasteiger partial charge in [-0.3, -0.25) is 9.59 Å². The molecule has 1 amide bonds. The molecule has 8 nitrogen and oxygen atoms in total. The summed E-state index contributed by atoms with van der Waals surface area (Å²) in [6.45, 7) is 1.28. The van der Waals surface area contributed by atoms with Crippen molar-refractivity contribution in [2.24, 2.45) is 5.92 Å². The first-order chi connectivity index (χ1) is 13.4. The molecular weight excluding hydrogens is 364 g/mol. The molecule has 0 unspecified atom stereocenters. The summed E-state index contributed by atoms with van der Waals surface area (Å²) in [7, 11) is 4.55. The van der Waals surface area contributed by atoms with Crippen LogP contribution in [0.1, 0.15) is 31.7 Å². The van der Waals surface area contributed by atoms with E-state index >= 15 is 0 Å². The summed E-state index contributed by atoms with van der Waals surface area (Å²) in [5.41, 5.74) is -0.0960. The molecule has 0 aromatic heterocycles. The lowest BCUT2D eigenvalue weighted by molar-refractivity contribution is -0.148. The highest BCUT2D eigenvalue weighted by Gasteiger charge is 2.43. The SMILES string of the molecule is COc1cc(CCC(=O)OCC(=O)N[C@@](C)(C#N)C2CC2)cc(OC)c1OC. The van der Waals surface area contributed by atoms with Gasteiger partial charge in [0.25, 0.3) is 5.91 Å². The van der Waals surface area contributed by atoms with Gasteiger partial charge in [0.1, 0.15) is 5.54 Å². The fraction of sp³-hybridized carbons (Fsp3) is 0.550. The third kappa shape index (κ3) is 5.28. The Morgan fingerprint density at radius 3 is 2.25 bits per heavy atom. The Balaban J connectivity index is 1.85. The fourth-order valence-electron chi connectivity index (χ4n) is 2.95. The molecule has 0 heterocycles. The number of benzene rings is 1. The Morgan fingerprint density at radius 1 is 1.18 bits per heavy atom. The number of nitriles is 1. The molecule has 1 N–H and O–H groups in total. The number of nitrogens with zero attached hydrogens (tertiary/aromatic N) is 1. The van der Waals surface area contributed by atoms with Crippen LogP contribution in [0.4, 0.5) is 0 Å². The summed E-state index contributed by atoms with van der Waals surface area (Å²) in [4.78, 5) is 24.0. The van der Waals surface area contributed by atoms with Crippen molar-refractivity contribution < 1.29 is 28.5 Å². The average molecular weight is 390 g/mol. The van der Waals surface area contributed by atoms with Crippen molar-refractivity contribution in [3.63, 3.8) is 0 Å². The smallest absolute Gasteiger partial charge is 0.306 e. The van der Waals surface area contributed by atoms with Crippen molar-refractivity contribution in [1.29, 1.82) is 5.26 Å². The summed E-state index contributed by atoms with van der Waals surface area (Å²) in [5, 5.41) is 11.9. The van der Waals surface area contributed by atoms with E-state index in [-0.39, 0.29) is 12.3 Å². The number of amides is 1. The second kappa shape index (κ2) is 9.31. The molecule has 0 bridgehead atoms. The molecule has 28 heavy (non-hydrogen) atoms. The second-order valence-electron chi connectivity index (χ2n) is 6.83. The van der Waals surface area contributed by atoms with E-state index in [1.165, 1.54) is 21.3 Å². The van der Waals surface area contributed by atoms with Crippen molar-refractivity contribution in [2.45, 2.75) is 38.1 Å². The van der Waals surface area contributed by atoms with Gasteiger partial charge in [-0.25, -0.2) is 0 Å². The standard InChI is InChI=1S/C20H26N2O6/c1-20(12-21,14-6-7-14)22-17(23)11-28-18(24)8-5-13-9-15(25-2)19(27-4)16(10-13)26-3/h9-10,14H,5-8,11H2,1-4H3,(H,22,23)/t20-/m0/s1. The van der Waals surface area contributed by atoms with Gasteiger partial charge in [0.15, 0.2) is 18.1 Å². The maximum atomic E-state index is 12.0. The van der Waals surface area contributed by atoms with E-state index in [1.807, 2.05) is 0 Å². The predicted octanol–water partition coefficient (Wildman–Crippen LogP) is 2.00. The molecule has 0 radical (unpaired) electrons. The predicted molar refractivity (Wildman–Crippen MR) is 100 cm³/mol. The van der Waals surface area contributed by atoms with Crippen LogP contribution in [0, 0.1) is 17.2 Å². The zero-order valence-corrected chi connectivity index (χ0v) is 16.7. The highest BCUT2D eigenvalue weighted by molar-refractivity contribution is 5.81. The molecule has 1 saturated carbocycles. The van der Waals surface area contributed by atoms with Gasteiger partial charge in [0, 0.05) is 6.42 Å². The minimum Gasteiger partial charge on any atom is -0.493 e. The minimum absolute atomic E-state index is 0.0874. The number of nitrogens with one attached hydrogen (secondary N) is 1. The first-order valence-corrected chi connectivity index (χ1v) is 9.03. The van der Waals surface area contributed by atoms with E-state index in [0.717, 1.165) is 18.4 Å². The molecule has 1 fully saturated rings. The van der Waals surface area contributed by atoms with E-state index in [0.29, 0.717) is 23.7 Å². The zero-order chi connectivity index (χ0) is 20.7. The van der Waals surface area contributed by atoms with Crippen molar-refractivity contribution in [3.05, 3.63) is 17.7 Å². The maximum absolute atomic E-state index is 12.0. The minimum atomic E-state index is -0.903. The van der Waals surface area contributed by atoms with Crippen molar-refractivity contribution in [3.8, 4) is 23.3 Å². The van der Waals surface area contributed by atoms with E-state index < -0.39 is 24.0 Å². The van der Waals surface area contributed by atoms with Crippen LogP contribution in [0.3, 0.4) is 0 Å². The van der Waals surface area contributed by atoms with Crippen molar-refractivity contribution in [2.75, 3.05) is 27.9 Å². The number of hydrogen-bond donors (Lipinski definition) is 1.